The van der Waals surface area contributed by atoms with E-state index in [1.54, 1.807) is 0 Å². The molecule has 23 nitrogen and oxygen atoms in total. The van der Waals surface area contributed by atoms with Gasteiger partial charge in [-0.25, -0.2) is 0 Å². The predicted molar refractivity (Wildman–Crippen MR) is 472 cm³/mol. The first-order valence-electron chi connectivity index (χ1n) is 46.0. The second-order valence-corrected chi connectivity index (χ2v) is 38.2. The van der Waals surface area contributed by atoms with Crippen LogP contribution in [0.1, 0.15) is 168 Å². The van der Waals surface area contributed by atoms with Crippen LogP contribution in [-0.2, 0) is 68.8 Å². The van der Waals surface area contributed by atoms with Crippen LogP contribution in [0.3, 0.4) is 0 Å². The zero-order valence-electron chi connectivity index (χ0n) is 73.5. The van der Waals surface area contributed by atoms with Crippen molar-refractivity contribution >= 4 is 70.0 Å². The number of piperazine rings is 2. The number of hydrogen-bond acceptors (Lipinski definition) is 15. The van der Waals surface area contributed by atoms with E-state index in [0.717, 1.165) is 296 Å². The highest BCUT2D eigenvalue weighted by molar-refractivity contribution is 5.98. The van der Waals surface area contributed by atoms with Gasteiger partial charge in [-0.3, -0.25) is 43.3 Å². The third kappa shape index (κ3) is 22.6. The number of ether oxygens (including phenoxy) is 1. The molecule has 4 unspecified atom stereocenters. The molecule has 650 valence electrons. The van der Waals surface area contributed by atoms with E-state index >= 15 is 0 Å². The highest BCUT2D eigenvalue weighted by atomic mass is 16.5. The quantitative estimate of drug-likeness (QED) is 0.107. The van der Waals surface area contributed by atoms with E-state index in [9.17, 15) is 38.4 Å². The zero-order valence-corrected chi connectivity index (χ0v) is 73.5. The lowest BCUT2D eigenvalue weighted by atomic mass is 9.78. The van der Waals surface area contributed by atoms with E-state index in [1.807, 2.05) is 99.3 Å². The molecule has 4 atom stereocenters. The Kier molecular flexibility index (Phi) is 30.7. The molecule has 0 aromatic heterocycles. The number of nitrogens with zero attached hydrogens (tertiary/aromatic N) is 12. The molecule has 8 amide bonds. The minimum Gasteiger partial charge on any atom is -0.379 e. The molecule has 23 heteroatoms. The Morgan fingerprint density at radius 2 is 0.529 bits per heavy atom. The van der Waals surface area contributed by atoms with Gasteiger partial charge < -0.3 is 69.3 Å². The number of carbonyl (C=O) groups is 8. The summed E-state index contributed by atoms with van der Waals surface area (Å²) in [6, 6.07) is 33.4. The lowest BCUT2D eigenvalue weighted by molar-refractivity contribution is -0.131. The van der Waals surface area contributed by atoms with Gasteiger partial charge in [0.1, 0.15) is 0 Å². The van der Waals surface area contributed by atoms with Crippen molar-refractivity contribution in [2.75, 3.05) is 216 Å². The van der Waals surface area contributed by atoms with Crippen LogP contribution in [0.2, 0.25) is 0 Å². The Morgan fingerprint density at radius 3 is 0.782 bits per heavy atom. The maximum absolute atomic E-state index is 12.9. The van der Waals surface area contributed by atoms with E-state index in [4.69, 9.17) is 4.74 Å². The molecule has 12 aliphatic heterocycles. The Bertz CT molecular complexity index is 3800. The van der Waals surface area contributed by atoms with E-state index in [-0.39, 0.29) is 86.7 Å². The number of rotatable bonds is 16. The zero-order chi connectivity index (χ0) is 83.9. The van der Waals surface area contributed by atoms with Gasteiger partial charge in [0, 0.05) is 242 Å². The number of anilines is 4. The second-order valence-electron chi connectivity index (χ2n) is 38.2. The van der Waals surface area contributed by atoms with Gasteiger partial charge in [0.15, 0.2) is 0 Å². The van der Waals surface area contributed by atoms with Crippen LogP contribution >= 0.6 is 0 Å². The lowest BCUT2D eigenvalue weighted by Crippen LogP contribution is -2.45. The van der Waals surface area contributed by atoms with Gasteiger partial charge in [-0.05, 0) is 171 Å². The maximum atomic E-state index is 12.9. The molecule has 4 aromatic rings. The number of likely N-dealkylation sites (tertiary alicyclic amines) is 5. The van der Waals surface area contributed by atoms with Gasteiger partial charge >= 0.3 is 0 Å². The molecule has 0 bridgehead atoms. The number of nitrogens with one attached hydrogen (secondary N) is 2. The predicted octanol–water partition coefficient (Wildman–Crippen LogP) is 10.2. The van der Waals surface area contributed by atoms with E-state index in [1.165, 1.54) is 35.1 Å². The maximum Gasteiger partial charge on any atom is 0.229 e. The van der Waals surface area contributed by atoms with Gasteiger partial charge in [0.05, 0.1) is 13.2 Å². The fourth-order valence-electron chi connectivity index (χ4n) is 21.0. The van der Waals surface area contributed by atoms with Gasteiger partial charge in [-0.15, -0.1) is 0 Å². The molecular weight excluding hydrogens is 1490 g/mol. The summed E-state index contributed by atoms with van der Waals surface area (Å²) in [5, 5.41) is 6.73. The van der Waals surface area contributed by atoms with E-state index in [0.29, 0.717) is 31.6 Å². The standard InChI is InChI=1S/2C24H36N4O2.C24H35N3O3.C24H35N3O2/c2*1-19(2)23(30)28-14-9-24(17-20-5-3-4-6-21(20)28)8-13-27(18-24)22(29)7-12-26-15-10-25-11-16-26;1-19(2)23(29)27-12-9-24(17-20-5-3-4-6-21(20)27)8-11-26(18-24)22(28)7-10-25-13-15-30-16-14-25;1-19(2)23(29)27-16-11-24(17-20-7-3-4-8-21(20)27)10-15-26(18-24)22(28)9-14-25-12-5-6-13-25/h2*3-6,19,25H,7-18H2,1-2H3;3-6,19H,7-18H2,1-2H3;3-4,7-8,19H,5-6,9-18H2,1-2H3. The molecule has 0 saturated carbocycles. The Morgan fingerprint density at radius 1 is 0.303 bits per heavy atom. The van der Waals surface area contributed by atoms with Crippen molar-refractivity contribution in [3.8, 4) is 0 Å². The van der Waals surface area contributed by atoms with Crippen LogP contribution in [0.25, 0.3) is 0 Å². The van der Waals surface area contributed by atoms with Crippen LogP contribution in [-0.4, -0.2) is 283 Å². The van der Waals surface area contributed by atoms with Crippen molar-refractivity contribution in [1.29, 1.82) is 0 Å². The van der Waals surface area contributed by atoms with Crippen LogP contribution < -0.4 is 30.2 Å². The summed E-state index contributed by atoms with van der Waals surface area (Å²) >= 11 is 0. The summed E-state index contributed by atoms with van der Waals surface area (Å²) in [5.74, 6) is 1.88. The Hall–Kier alpha value is -7.64. The van der Waals surface area contributed by atoms with Gasteiger partial charge in [0.2, 0.25) is 47.3 Å². The lowest BCUT2D eigenvalue weighted by Gasteiger charge is -2.30. The first-order valence-corrected chi connectivity index (χ1v) is 46.0. The number of carbonyl (C=O) groups excluding carboxylic acids is 8. The van der Waals surface area contributed by atoms with Gasteiger partial charge in [0.25, 0.3) is 0 Å². The van der Waals surface area contributed by atoms with Crippen molar-refractivity contribution in [3.63, 3.8) is 0 Å². The van der Waals surface area contributed by atoms with Crippen molar-refractivity contribution < 1.29 is 43.1 Å². The smallest absolute Gasteiger partial charge is 0.229 e. The first-order chi connectivity index (χ1) is 57.4. The molecular formula is C96H142N14O9. The molecule has 0 aliphatic carbocycles. The molecule has 12 heterocycles. The third-order valence-corrected chi connectivity index (χ3v) is 28.3. The summed E-state index contributed by atoms with van der Waals surface area (Å²) in [5.41, 5.74) is 9.62. The number of para-hydroxylation sites is 4. The molecule has 4 spiro atoms. The molecule has 4 aromatic carbocycles. The minimum atomic E-state index is -0.0195. The number of amides is 8. The number of fused-ring (bicyclic) bond motifs is 4. The Labute approximate surface area is 710 Å². The fourth-order valence-corrected chi connectivity index (χ4v) is 21.0. The summed E-state index contributed by atoms with van der Waals surface area (Å²) in [6.07, 6.45) is 16.8. The normalized spacial score (nSPS) is 24.9. The SMILES string of the molecule is CC(C)C(=O)N1CCC2(CCN(C(=O)CCN3CCCC3)C2)Cc2ccccc21.CC(C)C(=O)N1CCC2(CCN(C(=O)CCN3CCNCC3)C2)Cc2ccccc21.CC(C)C(=O)N1CCC2(CCN(C(=O)CCN3CCNCC3)C2)Cc2ccccc21.CC(C)C(=O)N1CCC2(CCN(C(=O)CCN3CCOCC3)C2)Cc2ccccc21. The molecule has 0 radical (unpaired) electrons. The van der Waals surface area contributed by atoms with Crippen LogP contribution in [0.15, 0.2) is 97.1 Å². The first kappa shape index (κ1) is 89.1. The number of hydrogen-bond donors (Lipinski definition) is 2. The molecule has 2 N–H and O–H groups in total. The van der Waals surface area contributed by atoms with Crippen LogP contribution in [0.4, 0.5) is 22.7 Å². The van der Waals surface area contributed by atoms with Crippen molar-refractivity contribution in [2.24, 2.45) is 45.3 Å². The second kappa shape index (κ2) is 41.0. The molecule has 119 heavy (non-hydrogen) atoms. The summed E-state index contributed by atoms with van der Waals surface area (Å²) in [4.78, 5) is 129. The highest BCUT2D eigenvalue weighted by Crippen LogP contribution is 2.48. The van der Waals surface area contributed by atoms with Crippen molar-refractivity contribution in [1.82, 2.24) is 49.8 Å². The Balaban J connectivity index is 0.000000137. The van der Waals surface area contributed by atoms with Gasteiger partial charge in [-0.2, -0.15) is 0 Å². The summed E-state index contributed by atoms with van der Waals surface area (Å²) in [6.45, 7) is 42.8. The summed E-state index contributed by atoms with van der Waals surface area (Å²) in [7, 11) is 0. The largest absolute Gasteiger partial charge is 0.379 e. The topological polar surface area (TPSA) is 209 Å². The fraction of sp³-hybridized carbons (Fsp3) is 0.667. The van der Waals surface area contributed by atoms with Crippen LogP contribution in [0.5, 0.6) is 0 Å². The average Bonchev–Trinajstić information content (AvgIpc) is 1.64. The average molecular weight is 1640 g/mol. The molecule has 8 saturated heterocycles. The highest BCUT2D eigenvalue weighted by Gasteiger charge is 2.48. The number of benzene rings is 4. The van der Waals surface area contributed by atoms with E-state index in [2.05, 4.69) is 123 Å². The summed E-state index contributed by atoms with van der Waals surface area (Å²) < 4.78 is 5.40. The molecule has 12 aliphatic rings. The molecule has 16 rings (SSSR count). The van der Waals surface area contributed by atoms with E-state index < -0.39 is 0 Å². The molecule has 8 fully saturated rings. The van der Waals surface area contributed by atoms with Crippen molar-refractivity contribution in [3.05, 3.63) is 119 Å². The minimum absolute atomic E-state index is 0.00986. The monoisotopic (exact) mass is 1640 g/mol. The van der Waals surface area contributed by atoms with Gasteiger partial charge in [-0.1, -0.05) is 128 Å². The number of morpholine rings is 1. The van der Waals surface area contributed by atoms with Crippen molar-refractivity contribution in [2.45, 2.75) is 171 Å². The van der Waals surface area contributed by atoms with Crippen LogP contribution in [0, 0.1) is 45.3 Å². The third-order valence-electron chi connectivity index (χ3n) is 28.3.